The number of aromatic nitrogens is 3. The second-order valence-corrected chi connectivity index (χ2v) is 6.45. The maximum atomic E-state index is 11.8. The zero-order chi connectivity index (χ0) is 17.1. The van der Waals surface area contributed by atoms with Crippen LogP contribution in [0.4, 0.5) is 5.82 Å². The van der Waals surface area contributed by atoms with Crippen LogP contribution in [0.5, 0.6) is 0 Å². The van der Waals surface area contributed by atoms with Crippen LogP contribution in [0.1, 0.15) is 32.2 Å². The minimum atomic E-state index is -0.575. The molecule has 0 spiro atoms. The lowest BCUT2D eigenvalue weighted by atomic mass is 10.1. The number of hydrogen-bond acceptors (Lipinski definition) is 5. The summed E-state index contributed by atoms with van der Waals surface area (Å²) < 4.78 is 0. The standard InChI is InChI=1S/C16H14ClN5OS/c1-9-13(24-8-20-9)7-19-16-14(15(18)23)12(21-22-16)6-10-3-2-4-11(17)5-10/h2-5,7-8H,6H2,1H3,(H2,18,23)(H,21,22). The van der Waals surface area contributed by atoms with Crippen molar-refractivity contribution in [2.24, 2.45) is 10.7 Å². The number of rotatable bonds is 5. The lowest BCUT2D eigenvalue weighted by Gasteiger charge is -2.02. The average Bonchev–Trinajstić information content (AvgIpc) is 3.11. The van der Waals surface area contributed by atoms with Gasteiger partial charge in [-0.3, -0.25) is 9.89 Å². The second-order valence-electron chi connectivity index (χ2n) is 5.13. The van der Waals surface area contributed by atoms with Gasteiger partial charge in [0, 0.05) is 17.7 Å². The van der Waals surface area contributed by atoms with E-state index in [9.17, 15) is 4.79 Å². The van der Waals surface area contributed by atoms with Crippen molar-refractivity contribution < 1.29 is 4.79 Å². The van der Waals surface area contributed by atoms with Crippen LogP contribution in [0, 0.1) is 6.92 Å². The summed E-state index contributed by atoms with van der Waals surface area (Å²) in [5.41, 5.74) is 9.97. The summed E-state index contributed by atoms with van der Waals surface area (Å²) in [6.07, 6.45) is 2.10. The van der Waals surface area contributed by atoms with Gasteiger partial charge in [-0.15, -0.1) is 11.3 Å². The summed E-state index contributed by atoms with van der Waals surface area (Å²) in [5, 5.41) is 7.59. The highest BCUT2D eigenvalue weighted by atomic mass is 35.5. The molecule has 3 N–H and O–H groups in total. The Kier molecular flexibility index (Phi) is 4.73. The molecule has 3 rings (SSSR count). The Hall–Kier alpha value is -2.51. The molecule has 0 aliphatic carbocycles. The number of amides is 1. The third kappa shape index (κ3) is 3.52. The Labute approximate surface area is 147 Å². The largest absolute Gasteiger partial charge is 0.365 e. The van der Waals surface area contributed by atoms with E-state index in [1.54, 1.807) is 17.8 Å². The van der Waals surface area contributed by atoms with E-state index in [0.717, 1.165) is 16.1 Å². The first-order valence-electron chi connectivity index (χ1n) is 7.10. The van der Waals surface area contributed by atoms with Crippen molar-refractivity contribution in [2.75, 3.05) is 0 Å². The molecule has 2 heterocycles. The highest BCUT2D eigenvalue weighted by Gasteiger charge is 2.18. The third-order valence-corrected chi connectivity index (χ3v) is 4.53. The first kappa shape index (κ1) is 16.4. The number of thiazole rings is 1. The molecule has 0 bridgehead atoms. The fraction of sp³-hybridized carbons (Fsp3) is 0.125. The number of nitrogens with zero attached hydrogens (tertiary/aromatic N) is 3. The SMILES string of the molecule is Cc1ncsc1C=Nc1n[nH]c(Cc2cccc(Cl)c2)c1C(N)=O. The lowest BCUT2D eigenvalue weighted by molar-refractivity contribution is 0.100. The number of hydrogen-bond donors (Lipinski definition) is 2. The summed E-state index contributed by atoms with van der Waals surface area (Å²) in [6, 6.07) is 7.39. The van der Waals surface area contributed by atoms with E-state index in [-0.39, 0.29) is 11.4 Å². The van der Waals surface area contributed by atoms with Gasteiger partial charge in [0.05, 0.1) is 21.8 Å². The Morgan fingerprint density at radius 3 is 3.00 bits per heavy atom. The van der Waals surface area contributed by atoms with Crippen molar-refractivity contribution in [3.63, 3.8) is 0 Å². The topological polar surface area (TPSA) is 97.0 Å². The van der Waals surface area contributed by atoms with E-state index < -0.39 is 5.91 Å². The first-order chi connectivity index (χ1) is 11.5. The molecule has 6 nitrogen and oxygen atoms in total. The first-order valence-corrected chi connectivity index (χ1v) is 8.36. The molecule has 24 heavy (non-hydrogen) atoms. The van der Waals surface area contributed by atoms with Crippen molar-refractivity contribution in [3.05, 3.63) is 62.2 Å². The molecule has 0 fully saturated rings. The van der Waals surface area contributed by atoms with E-state index in [1.165, 1.54) is 11.3 Å². The van der Waals surface area contributed by atoms with Gasteiger partial charge in [-0.1, -0.05) is 23.7 Å². The Balaban J connectivity index is 1.92. The van der Waals surface area contributed by atoms with Crippen molar-refractivity contribution in [3.8, 4) is 0 Å². The van der Waals surface area contributed by atoms with E-state index >= 15 is 0 Å². The maximum Gasteiger partial charge on any atom is 0.254 e. The fourth-order valence-electron chi connectivity index (χ4n) is 2.25. The number of aliphatic imine (C=N–C) groups is 1. The van der Waals surface area contributed by atoms with Gasteiger partial charge in [0.1, 0.15) is 5.56 Å². The molecule has 0 unspecified atom stereocenters. The average molecular weight is 360 g/mol. The van der Waals surface area contributed by atoms with Crippen LogP contribution in [0.25, 0.3) is 0 Å². The number of benzene rings is 1. The molecule has 0 radical (unpaired) electrons. The van der Waals surface area contributed by atoms with Crippen LogP contribution < -0.4 is 5.73 Å². The number of carbonyl (C=O) groups excluding carboxylic acids is 1. The molecular formula is C16H14ClN5OS. The minimum absolute atomic E-state index is 0.271. The van der Waals surface area contributed by atoms with Gasteiger partial charge in [-0.25, -0.2) is 9.98 Å². The number of H-pyrrole nitrogens is 1. The van der Waals surface area contributed by atoms with E-state index in [2.05, 4.69) is 20.2 Å². The summed E-state index contributed by atoms with van der Waals surface area (Å²) in [6.45, 7) is 1.89. The van der Waals surface area contributed by atoms with Gasteiger partial charge < -0.3 is 5.73 Å². The molecule has 2 aromatic heterocycles. The number of carbonyl (C=O) groups is 1. The molecule has 0 saturated carbocycles. The Bertz CT molecular complexity index is 915. The van der Waals surface area contributed by atoms with Gasteiger partial charge in [-0.05, 0) is 24.6 Å². The van der Waals surface area contributed by atoms with Gasteiger partial charge in [0.15, 0.2) is 5.82 Å². The Morgan fingerprint density at radius 2 is 2.33 bits per heavy atom. The second kappa shape index (κ2) is 6.94. The molecule has 3 aromatic rings. The predicted molar refractivity (Wildman–Crippen MR) is 95.5 cm³/mol. The molecule has 122 valence electrons. The summed E-state index contributed by atoms with van der Waals surface area (Å²) in [4.78, 5) is 21.2. The van der Waals surface area contributed by atoms with Crippen molar-refractivity contribution in [2.45, 2.75) is 13.3 Å². The number of primary amides is 1. The van der Waals surface area contributed by atoms with Crippen molar-refractivity contribution in [1.29, 1.82) is 0 Å². The highest BCUT2D eigenvalue weighted by Crippen LogP contribution is 2.23. The summed E-state index contributed by atoms with van der Waals surface area (Å²) in [7, 11) is 0. The van der Waals surface area contributed by atoms with Crippen molar-refractivity contribution in [1.82, 2.24) is 15.2 Å². The molecule has 0 saturated heterocycles. The van der Waals surface area contributed by atoms with Crippen LogP contribution in [0.2, 0.25) is 5.02 Å². The molecule has 8 heteroatoms. The summed E-state index contributed by atoms with van der Waals surface area (Å²) >= 11 is 7.46. The van der Waals surface area contributed by atoms with Gasteiger partial charge in [-0.2, -0.15) is 5.10 Å². The van der Waals surface area contributed by atoms with Gasteiger partial charge in [0.2, 0.25) is 0 Å². The fourth-order valence-corrected chi connectivity index (χ4v) is 3.13. The zero-order valence-corrected chi connectivity index (χ0v) is 14.4. The van der Waals surface area contributed by atoms with E-state index in [1.807, 2.05) is 25.1 Å². The molecule has 0 aliphatic rings. The number of nitrogens with two attached hydrogens (primary N) is 1. The Morgan fingerprint density at radius 1 is 1.50 bits per heavy atom. The predicted octanol–water partition coefficient (Wildman–Crippen LogP) is 3.27. The highest BCUT2D eigenvalue weighted by molar-refractivity contribution is 7.11. The van der Waals surface area contributed by atoms with Crippen LogP contribution in [0.3, 0.4) is 0 Å². The molecule has 0 aliphatic heterocycles. The van der Waals surface area contributed by atoms with Crippen LogP contribution in [-0.4, -0.2) is 27.3 Å². The minimum Gasteiger partial charge on any atom is -0.365 e. The zero-order valence-electron chi connectivity index (χ0n) is 12.8. The van der Waals surface area contributed by atoms with Gasteiger partial charge in [0.25, 0.3) is 5.91 Å². The molecule has 0 atom stereocenters. The van der Waals surface area contributed by atoms with Crippen molar-refractivity contribution >= 4 is 40.9 Å². The van der Waals surface area contributed by atoms with Gasteiger partial charge >= 0.3 is 0 Å². The monoisotopic (exact) mass is 359 g/mol. The van der Waals surface area contributed by atoms with Crippen LogP contribution >= 0.6 is 22.9 Å². The number of aryl methyl sites for hydroxylation is 1. The summed E-state index contributed by atoms with van der Waals surface area (Å²) in [5.74, 6) is -0.304. The number of halogens is 1. The lowest BCUT2D eigenvalue weighted by Crippen LogP contribution is -2.13. The van der Waals surface area contributed by atoms with E-state index in [0.29, 0.717) is 17.1 Å². The maximum absolute atomic E-state index is 11.8. The van der Waals surface area contributed by atoms with E-state index in [4.69, 9.17) is 17.3 Å². The number of aromatic amines is 1. The third-order valence-electron chi connectivity index (χ3n) is 3.43. The number of nitrogens with one attached hydrogen (secondary N) is 1. The quantitative estimate of drug-likeness (QED) is 0.684. The molecular weight excluding hydrogens is 346 g/mol. The normalized spacial score (nSPS) is 11.2. The van der Waals surface area contributed by atoms with Crippen LogP contribution in [-0.2, 0) is 6.42 Å². The molecule has 1 amide bonds. The molecule has 1 aromatic carbocycles. The van der Waals surface area contributed by atoms with Crippen LogP contribution in [0.15, 0.2) is 34.8 Å². The smallest absolute Gasteiger partial charge is 0.254 e.